The minimum Gasteiger partial charge on any atom is -0.537 e. The standard InChI is InChI=1S/C7H5NO3S.C6H12O6.Na/c9-7-5-3-1-2-4-6(5)12(10,11)8-7;7-1-3(9)5(11)6(12)4(10)2-8;/h1-4H,(H,8,9);3,5-9,11-12H,1-2H2;/q;;+1/p-1/t;3-,5-,6-;/m.1./s1. The summed E-state index contributed by atoms with van der Waals surface area (Å²) >= 11 is 0. The van der Waals surface area contributed by atoms with Gasteiger partial charge >= 0.3 is 29.6 Å². The Balaban J connectivity index is 0.000000443. The van der Waals surface area contributed by atoms with Crippen LogP contribution in [0.2, 0.25) is 0 Å². The zero-order valence-corrected chi connectivity index (χ0v) is 16.0. The monoisotopic (exact) mass is 385 g/mol. The predicted molar refractivity (Wildman–Crippen MR) is 78.5 cm³/mol. The molecule has 3 atom stereocenters. The number of rotatable bonds is 5. The summed E-state index contributed by atoms with van der Waals surface area (Å²) in [4.78, 5) is 21.5. The maximum absolute atomic E-state index is 11.1. The summed E-state index contributed by atoms with van der Waals surface area (Å²) in [6.07, 6.45) is -5.22. The minimum absolute atomic E-state index is 0. The van der Waals surface area contributed by atoms with E-state index in [2.05, 4.69) is 4.72 Å². The number of carbonyl (C=O) groups excluding carboxylic acids is 2. The van der Waals surface area contributed by atoms with Gasteiger partial charge in [-0.3, -0.25) is 4.79 Å². The van der Waals surface area contributed by atoms with Crippen LogP contribution in [-0.4, -0.2) is 77.2 Å². The summed E-state index contributed by atoms with van der Waals surface area (Å²) < 4.78 is 25.2. The van der Waals surface area contributed by atoms with Crippen LogP contribution < -0.4 is 29.6 Å². The molecule has 10 nitrogen and oxygen atoms in total. The second kappa shape index (κ2) is 10.3. The van der Waals surface area contributed by atoms with Crippen LogP contribution in [0.5, 0.6) is 0 Å². The number of ketones is 1. The van der Waals surface area contributed by atoms with E-state index in [4.69, 9.17) is 25.5 Å². The molecular weight excluding hydrogens is 369 g/mol. The molecule has 2 rings (SSSR count). The van der Waals surface area contributed by atoms with Crippen LogP contribution in [0.15, 0.2) is 29.2 Å². The number of fused-ring (bicyclic) bond motifs is 1. The topological polar surface area (TPSA) is 184 Å². The first-order valence-corrected chi connectivity index (χ1v) is 7.99. The largest absolute Gasteiger partial charge is 1.00 e. The maximum Gasteiger partial charge on any atom is 1.00 e. The smallest absolute Gasteiger partial charge is 0.537 e. The van der Waals surface area contributed by atoms with Crippen molar-refractivity contribution in [1.29, 1.82) is 0 Å². The van der Waals surface area contributed by atoms with Gasteiger partial charge in [0, 0.05) is 5.56 Å². The number of aliphatic hydroxyl groups excluding tert-OH is 5. The van der Waals surface area contributed by atoms with Crippen molar-refractivity contribution >= 4 is 21.7 Å². The number of nitrogens with zero attached hydrogens (tertiary/aromatic N) is 1. The van der Waals surface area contributed by atoms with Crippen LogP contribution in [-0.2, 0) is 14.8 Å². The molecule has 134 valence electrons. The van der Waals surface area contributed by atoms with E-state index < -0.39 is 53.2 Å². The Hall–Kier alpha value is -0.890. The Kier molecular flexibility index (Phi) is 9.94. The van der Waals surface area contributed by atoms with Crippen molar-refractivity contribution in [3.63, 3.8) is 0 Å². The molecule has 0 saturated carbocycles. The molecule has 12 heteroatoms. The molecule has 1 aromatic rings. The van der Waals surface area contributed by atoms with Crippen LogP contribution in [0.1, 0.15) is 10.4 Å². The van der Waals surface area contributed by atoms with Crippen molar-refractivity contribution in [2.75, 3.05) is 13.2 Å². The molecule has 0 bridgehead atoms. The van der Waals surface area contributed by atoms with Crippen LogP contribution >= 0.6 is 0 Å². The van der Waals surface area contributed by atoms with Crippen molar-refractivity contribution in [3.05, 3.63) is 34.6 Å². The normalized spacial score (nSPS) is 17.7. The van der Waals surface area contributed by atoms with Crippen LogP contribution in [0, 0.1) is 0 Å². The first-order valence-electron chi connectivity index (χ1n) is 6.55. The molecule has 1 aromatic carbocycles. The van der Waals surface area contributed by atoms with Gasteiger partial charge in [-0.2, -0.15) is 0 Å². The Morgan fingerprint density at radius 2 is 1.68 bits per heavy atom. The third-order valence-corrected chi connectivity index (χ3v) is 4.31. The number of sulfonamides is 1. The van der Waals surface area contributed by atoms with Gasteiger partial charge in [0.05, 0.1) is 17.4 Å². The first kappa shape index (κ1) is 24.1. The summed E-state index contributed by atoms with van der Waals surface area (Å²) in [6, 6.07) is 5.99. The Morgan fingerprint density at radius 1 is 1.12 bits per heavy atom. The molecule has 0 saturated heterocycles. The van der Waals surface area contributed by atoms with Gasteiger partial charge in [0.2, 0.25) is 0 Å². The average Bonchev–Trinajstić information content (AvgIpc) is 2.82. The van der Waals surface area contributed by atoms with Gasteiger partial charge in [-0.1, -0.05) is 18.2 Å². The van der Waals surface area contributed by atoms with E-state index in [1.54, 1.807) is 12.1 Å². The van der Waals surface area contributed by atoms with Crippen molar-refractivity contribution in [3.8, 4) is 0 Å². The molecule has 1 heterocycles. The van der Waals surface area contributed by atoms with E-state index in [1.807, 2.05) is 0 Å². The second-order valence-corrected chi connectivity index (χ2v) is 6.25. The third kappa shape index (κ3) is 6.09. The third-order valence-electron chi connectivity index (χ3n) is 2.99. The number of hydrogen-bond donors (Lipinski definition) is 5. The fourth-order valence-corrected chi connectivity index (χ4v) is 2.78. The Labute approximate surface area is 165 Å². The van der Waals surface area contributed by atoms with E-state index in [9.17, 15) is 18.0 Å². The summed E-state index contributed by atoms with van der Waals surface area (Å²) in [5, 5.41) is 43.1. The number of carbonyl (C=O) groups is 2. The summed E-state index contributed by atoms with van der Waals surface area (Å²) in [6.45, 7) is -1.69. The van der Waals surface area contributed by atoms with E-state index >= 15 is 0 Å². The van der Waals surface area contributed by atoms with Gasteiger partial charge in [-0.25, -0.2) is 8.42 Å². The first-order chi connectivity index (χ1) is 11.2. The van der Waals surface area contributed by atoms with Crippen molar-refractivity contribution in [1.82, 2.24) is 0 Å². The summed E-state index contributed by atoms with van der Waals surface area (Å²) in [7, 11) is -3.68. The molecule has 0 radical (unpaired) electrons. The van der Waals surface area contributed by atoms with Gasteiger partial charge in [-0.15, -0.1) is 0 Å². The molecule has 0 aliphatic carbocycles. The molecule has 1 aliphatic rings. The van der Waals surface area contributed by atoms with Crippen molar-refractivity contribution in [2.45, 2.75) is 23.2 Å². The zero-order valence-electron chi connectivity index (χ0n) is 13.2. The fraction of sp³-hybridized carbons (Fsp3) is 0.385. The second-order valence-electron chi connectivity index (χ2n) is 4.68. The van der Waals surface area contributed by atoms with Crippen LogP contribution in [0.25, 0.3) is 4.72 Å². The van der Waals surface area contributed by atoms with Crippen molar-refractivity contribution < 1.29 is 73.1 Å². The molecule has 1 amide bonds. The molecule has 0 aromatic heterocycles. The van der Waals surface area contributed by atoms with Gasteiger partial charge < -0.3 is 35.0 Å². The van der Waals surface area contributed by atoms with Crippen molar-refractivity contribution in [2.24, 2.45) is 0 Å². The van der Waals surface area contributed by atoms with Gasteiger partial charge in [-0.05, 0) is 6.07 Å². The SMILES string of the molecule is O=C(CO)[C@@H](O)[C@H](O)[C@H](O)CO.O=C1[N-]S(=O)(=O)c2ccccc21.[Na+]. The van der Waals surface area contributed by atoms with Gasteiger partial charge in [0.15, 0.2) is 5.78 Å². The maximum atomic E-state index is 11.1. The Bertz CT molecular complexity index is 709. The summed E-state index contributed by atoms with van der Waals surface area (Å²) in [5.41, 5.74) is 0.164. The number of Topliss-reactive ketones (excluding diaryl/α,β-unsaturated/α-hetero) is 1. The molecule has 0 spiro atoms. The quantitative estimate of drug-likeness (QED) is 0.309. The fourth-order valence-electron chi connectivity index (χ4n) is 1.68. The molecule has 5 N–H and O–H groups in total. The number of amides is 1. The van der Waals surface area contributed by atoms with E-state index in [-0.39, 0.29) is 40.0 Å². The van der Waals surface area contributed by atoms with Crippen LogP contribution in [0.3, 0.4) is 0 Å². The number of hydrogen-bond acceptors (Lipinski definition) is 9. The Morgan fingerprint density at radius 3 is 2.16 bits per heavy atom. The molecule has 0 unspecified atom stereocenters. The minimum atomic E-state index is -3.68. The molecule has 1 aliphatic heterocycles. The van der Waals surface area contributed by atoms with Crippen LogP contribution in [0.4, 0.5) is 0 Å². The van der Waals surface area contributed by atoms with Gasteiger partial charge in [0.1, 0.15) is 34.9 Å². The van der Waals surface area contributed by atoms with E-state index in [0.717, 1.165) is 0 Å². The molecule has 25 heavy (non-hydrogen) atoms. The average molecular weight is 385 g/mol. The molecule has 0 fully saturated rings. The van der Waals surface area contributed by atoms with E-state index in [1.165, 1.54) is 12.1 Å². The number of benzene rings is 1. The predicted octanol–water partition coefficient (Wildman–Crippen LogP) is -5.47. The number of aliphatic hydroxyl groups is 5. The zero-order chi connectivity index (χ0) is 18.5. The van der Waals surface area contributed by atoms with E-state index in [0.29, 0.717) is 0 Å². The van der Waals surface area contributed by atoms with Gasteiger partial charge in [0.25, 0.3) is 0 Å². The summed E-state index contributed by atoms with van der Waals surface area (Å²) in [5.74, 6) is -1.68. The molecular formula is C13H16NNaO9S.